The third kappa shape index (κ3) is 1.52. The first kappa shape index (κ1) is 11.8. The van der Waals surface area contributed by atoms with E-state index < -0.39 is 10.0 Å². The average molecular weight is 263 g/mol. The molecule has 3 nitrogen and oxygen atoms in total. The molecule has 1 saturated carbocycles. The maximum absolute atomic E-state index is 11.6. The van der Waals surface area contributed by atoms with Gasteiger partial charge in [0, 0.05) is 23.6 Å². The van der Waals surface area contributed by atoms with Gasteiger partial charge in [-0.05, 0) is 12.0 Å². The Morgan fingerprint density at radius 1 is 1.22 bits per heavy atom. The van der Waals surface area contributed by atoms with Gasteiger partial charge in [0.05, 0.1) is 6.26 Å². The molecule has 0 N–H and O–H groups in total. The third-order valence-electron chi connectivity index (χ3n) is 4.37. The van der Waals surface area contributed by atoms with Crippen LogP contribution in [0.5, 0.6) is 0 Å². The van der Waals surface area contributed by atoms with Crippen LogP contribution >= 0.6 is 0 Å². The van der Waals surface area contributed by atoms with E-state index in [0.29, 0.717) is 6.54 Å². The smallest absolute Gasteiger partial charge is 0.231 e. The van der Waals surface area contributed by atoms with Crippen molar-refractivity contribution in [2.45, 2.75) is 18.8 Å². The van der Waals surface area contributed by atoms with E-state index in [1.165, 1.54) is 16.1 Å². The van der Waals surface area contributed by atoms with Crippen molar-refractivity contribution in [3.05, 3.63) is 48.2 Å². The Balaban J connectivity index is 2.00. The van der Waals surface area contributed by atoms with Crippen molar-refractivity contribution in [2.24, 2.45) is 5.41 Å². The molecule has 2 atom stereocenters. The summed E-state index contributed by atoms with van der Waals surface area (Å²) in [5, 5.41) is 0. The fraction of sp³-hybridized carbons (Fsp3) is 0.429. The quantitative estimate of drug-likeness (QED) is 0.819. The van der Waals surface area contributed by atoms with Gasteiger partial charge >= 0.3 is 0 Å². The van der Waals surface area contributed by atoms with Gasteiger partial charge in [-0.3, -0.25) is 4.31 Å². The van der Waals surface area contributed by atoms with Crippen LogP contribution in [0.25, 0.3) is 0 Å². The van der Waals surface area contributed by atoms with Crippen LogP contribution in [0.4, 0.5) is 0 Å². The lowest BCUT2D eigenvalue weighted by Gasteiger charge is -2.31. The molecule has 0 amide bonds. The number of sulfonamides is 1. The minimum Gasteiger partial charge on any atom is -0.277 e. The Kier molecular flexibility index (Phi) is 2.21. The molecule has 1 aliphatic heterocycles. The molecule has 0 bridgehead atoms. The van der Waals surface area contributed by atoms with Crippen LogP contribution in [0.15, 0.2) is 42.6 Å². The van der Waals surface area contributed by atoms with E-state index in [-0.39, 0.29) is 10.8 Å². The van der Waals surface area contributed by atoms with Crippen molar-refractivity contribution in [1.82, 2.24) is 4.31 Å². The van der Waals surface area contributed by atoms with Crippen molar-refractivity contribution in [3.63, 3.8) is 0 Å². The number of nitrogens with zero attached hydrogens (tertiary/aromatic N) is 1. The van der Waals surface area contributed by atoms with Crippen LogP contribution in [0.1, 0.15) is 18.9 Å². The van der Waals surface area contributed by atoms with Crippen LogP contribution in [0.2, 0.25) is 0 Å². The predicted octanol–water partition coefficient (Wildman–Crippen LogP) is 2.12. The summed E-state index contributed by atoms with van der Waals surface area (Å²) in [5.74, 6) is 0. The van der Waals surface area contributed by atoms with Gasteiger partial charge in [0.25, 0.3) is 0 Å². The lowest BCUT2D eigenvalue weighted by atomic mass is 9.85. The number of allylic oxidation sites excluding steroid dienone is 1. The largest absolute Gasteiger partial charge is 0.277 e. The fourth-order valence-electron chi connectivity index (χ4n) is 3.15. The molecule has 0 unspecified atom stereocenters. The summed E-state index contributed by atoms with van der Waals surface area (Å²) in [6.45, 7) is 2.75. The number of fused-ring (bicyclic) bond motifs is 1. The van der Waals surface area contributed by atoms with Gasteiger partial charge in [-0.1, -0.05) is 43.3 Å². The molecular weight excluding hydrogens is 246 g/mol. The predicted molar refractivity (Wildman–Crippen MR) is 71.5 cm³/mol. The van der Waals surface area contributed by atoms with Crippen LogP contribution in [0.3, 0.4) is 0 Å². The van der Waals surface area contributed by atoms with Gasteiger partial charge in [-0.2, -0.15) is 0 Å². The zero-order chi connectivity index (χ0) is 13.0. The maximum Gasteiger partial charge on any atom is 0.231 e. The second kappa shape index (κ2) is 3.38. The summed E-state index contributed by atoms with van der Waals surface area (Å²) in [6, 6.07) is 10.4. The summed E-state index contributed by atoms with van der Waals surface area (Å²) in [7, 11) is -3.13. The Labute approximate surface area is 108 Å². The standard InChI is InChI=1S/C14H17NO2S/c1-13-10-14(13,12-6-4-3-5-7-12)8-9-15(11-13)18(2,16)17/h3-9H,10-11H2,1-2H3/t13-,14-/m0/s1. The van der Waals surface area contributed by atoms with E-state index in [4.69, 9.17) is 0 Å². The van der Waals surface area contributed by atoms with Crippen molar-refractivity contribution in [1.29, 1.82) is 0 Å². The van der Waals surface area contributed by atoms with E-state index in [1.54, 1.807) is 6.20 Å². The Bertz CT molecular complexity index is 608. The zero-order valence-corrected chi connectivity index (χ0v) is 11.4. The monoisotopic (exact) mass is 263 g/mol. The molecule has 1 heterocycles. The first-order valence-corrected chi connectivity index (χ1v) is 7.94. The van der Waals surface area contributed by atoms with Crippen molar-refractivity contribution >= 4 is 10.0 Å². The van der Waals surface area contributed by atoms with Crippen LogP contribution < -0.4 is 0 Å². The number of hydrogen-bond donors (Lipinski definition) is 0. The molecule has 1 aromatic rings. The molecule has 1 aliphatic carbocycles. The second-order valence-corrected chi connectivity index (χ2v) is 7.63. The highest BCUT2D eigenvalue weighted by Crippen LogP contribution is 2.67. The van der Waals surface area contributed by atoms with E-state index in [1.807, 2.05) is 18.2 Å². The Hall–Kier alpha value is -1.29. The third-order valence-corrected chi connectivity index (χ3v) is 5.47. The Morgan fingerprint density at radius 2 is 1.89 bits per heavy atom. The van der Waals surface area contributed by atoms with Gasteiger partial charge < -0.3 is 0 Å². The number of hydrogen-bond acceptors (Lipinski definition) is 2. The molecule has 3 rings (SSSR count). The normalized spacial score (nSPS) is 34.2. The summed E-state index contributed by atoms with van der Waals surface area (Å²) < 4.78 is 24.7. The highest BCUT2D eigenvalue weighted by atomic mass is 32.2. The number of benzene rings is 1. The highest BCUT2D eigenvalue weighted by Gasteiger charge is 2.65. The second-order valence-electron chi connectivity index (χ2n) is 5.70. The molecule has 0 radical (unpaired) electrons. The maximum atomic E-state index is 11.6. The summed E-state index contributed by atoms with van der Waals surface area (Å²) in [4.78, 5) is 0. The fourth-order valence-corrected chi connectivity index (χ4v) is 3.95. The van der Waals surface area contributed by atoms with Crippen LogP contribution in [-0.2, 0) is 15.4 Å². The summed E-state index contributed by atoms with van der Waals surface area (Å²) in [6.07, 6.45) is 6.08. The van der Waals surface area contributed by atoms with E-state index in [0.717, 1.165) is 6.42 Å². The summed E-state index contributed by atoms with van der Waals surface area (Å²) >= 11 is 0. The van der Waals surface area contributed by atoms with Gasteiger partial charge in [-0.25, -0.2) is 8.42 Å². The van der Waals surface area contributed by atoms with Gasteiger partial charge in [0.15, 0.2) is 0 Å². The van der Waals surface area contributed by atoms with Gasteiger partial charge in [0.1, 0.15) is 0 Å². The first-order valence-electron chi connectivity index (χ1n) is 6.09. The topological polar surface area (TPSA) is 37.4 Å². The highest BCUT2D eigenvalue weighted by molar-refractivity contribution is 7.88. The minimum absolute atomic E-state index is 0.0339. The summed E-state index contributed by atoms with van der Waals surface area (Å²) in [5.41, 5.74) is 1.36. The lowest BCUT2D eigenvalue weighted by molar-refractivity contribution is 0.366. The van der Waals surface area contributed by atoms with Crippen LogP contribution in [-0.4, -0.2) is 25.5 Å². The molecule has 18 heavy (non-hydrogen) atoms. The molecule has 0 aromatic heterocycles. The molecule has 4 heteroatoms. The molecule has 0 saturated heterocycles. The molecule has 0 spiro atoms. The van der Waals surface area contributed by atoms with Crippen molar-refractivity contribution in [2.75, 3.05) is 12.8 Å². The van der Waals surface area contributed by atoms with E-state index in [2.05, 4.69) is 25.1 Å². The van der Waals surface area contributed by atoms with Crippen LogP contribution in [0, 0.1) is 5.41 Å². The van der Waals surface area contributed by atoms with Crippen molar-refractivity contribution < 1.29 is 8.42 Å². The molecular formula is C14H17NO2S. The molecule has 1 fully saturated rings. The van der Waals surface area contributed by atoms with Gasteiger partial charge in [0.2, 0.25) is 10.0 Å². The molecule has 2 aliphatic rings. The van der Waals surface area contributed by atoms with Crippen molar-refractivity contribution in [3.8, 4) is 0 Å². The average Bonchev–Trinajstić information content (AvgIpc) is 2.95. The zero-order valence-electron chi connectivity index (χ0n) is 10.6. The lowest BCUT2D eigenvalue weighted by Crippen LogP contribution is -2.36. The number of rotatable bonds is 2. The minimum atomic E-state index is -3.13. The van der Waals surface area contributed by atoms with E-state index >= 15 is 0 Å². The molecule has 1 aromatic carbocycles. The van der Waals surface area contributed by atoms with E-state index in [9.17, 15) is 8.42 Å². The SMILES string of the molecule is C[C@]12CN(S(C)(=O)=O)C=C[C@@]1(c1ccccc1)C2. The molecule has 96 valence electrons. The van der Waals surface area contributed by atoms with Gasteiger partial charge in [-0.15, -0.1) is 0 Å². The Morgan fingerprint density at radius 3 is 2.44 bits per heavy atom. The first-order chi connectivity index (χ1) is 8.37.